The Morgan fingerprint density at radius 1 is 1.03 bits per heavy atom. The van der Waals surface area contributed by atoms with Gasteiger partial charge in [0.05, 0.1) is 21.8 Å². The number of amides is 1. The van der Waals surface area contributed by atoms with E-state index < -0.39 is 22.5 Å². The first-order valence-corrected chi connectivity index (χ1v) is 11.4. The minimum atomic E-state index is -3.97. The molecule has 160 valence electrons. The second kappa shape index (κ2) is 9.96. The van der Waals surface area contributed by atoms with E-state index in [9.17, 15) is 13.2 Å². The molecule has 0 heterocycles. The van der Waals surface area contributed by atoms with E-state index in [1.807, 2.05) is 6.92 Å². The number of carbonyl (C=O) groups excluding carboxylic acids is 1. The number of para-hydroxylation sites is 1. The van der Waals surface area contributed by atoms with Gasteiger partial charge in [-0.3, -0.25) is 9.10 Å². The van der Waals surface area contributed by atoms with Gasteiger partial charge in [0.15, 0.2) is 0 Å². The van der Waals surface area contributed by atoms with Crippen molar-refractivity contribution in [2.45, 2.75) is 11.8 Å². The van der Waals surface area contributed by atoms with Crippen LogP contribution in [0.3, 0.4) is 0 Å². The SMILES string of the molecule is Cc1ccc(S(=O)(=O)N(CC(=O)N/N=C\c2ccc(Cl)cc2Cl)c2ccccc2)cc1. The molecule has 0 aliphatic rings. The van der Waals surface area contributed by atoms with Crippen molar-refractivity contribution >= 4 is 51.0 Å². The van der Waals surface area contributed by atoms with Crippen molar-refractivity contribution in [3.63, 3.8) is 0 Å². The van der Waals surface area contributed by atoms with E-state index in [0.29, 0.717) is 21.3 Å². The van der Waals surface area contributed by atoms with Crippen LogP contribution in [0.15, 0.2) is 82.8 Å². The average molecular weight is 476 g/mol. The number of benzene rings is 3. The predicted molar refractivity (Wildman–Crippen MR) is 124 cm³/mol. The average Bonchev–Trinajstić information content (AvgIpc) is 2.74. The van der Waals surface area contributed by atoms with Crippen molar-refractivity contribution < 1.29 is 13.2 Å². The smallest absolute Gasteiger partial charge is 0.264 e. The number of aryl methyl sites for hydroxylation is 1. The number of halogens is 2. The monoisotopic (exact) mass is 475 g/mol. The highest BCUT2D eigenvalue weighted by atomic mass is 35.5. The molecule has 0 radical (unpaired) electrons. The Morgan fingerprint density at radius 3 is 2.35 bits per heavy atom. The quantitative estimate of drug-likeness (QED) is 0.399. The van der Waals surface area contributed by atoms with Crippen molar-refractivity contribution in [2.75, 3.05) is 10.8 Å². The molecule has 0 unspecified atom stereocenters. The number of anilines is 1. The summed E-state index contributed by atoms with van der Waals surface area (Å²) in [5.41, 5.74) is 4.19. The molecule has 0 spiro atoms. The van der Waals surface area contributed by atoms with Gasteiger partial charge in [0.2, 0.25) is 0 Å². The fourth-order valence-electron chi connectivity index (χ4n) is 2.69. The normalized spacial score (nSPS) is 11.5. The van der Waals surface area contributed by atoms with Gasteiger partial charge in [0, 0.05) is 10.6 Å². The van der Waals surface area contributed by atoms with Crippen LogP contribution < -0.4 is 9.73 Å². The molecule has 3 rings (SSSR count). The number of carbonyl (C=O) groups is 1. The Bertz CT molecular complexity index is 1200. The summed E-state index contributed by atoms with van der Waals surface area (Å²) in [6, 6.07) is 19.7. The highest BCUT2D eigenvalue weighted by molar-refractivity contribution is 7.92. The molecular weight excluding hydrogens is 457 g/mol. The molecule has 0 aliphatic heterocycles. The molecule has 0 aliphatic carbocycles. The minimum absolute atomic E-state index is 0.0891. The molecule has 1 amide bonds. The van der Waals surface area contributed by atoms with Crippen LogP contribution >= 0.6 is 23.2 Å². The summed E-state index contributed by atoms with van der Waals surface area (Å²) in [7, 11) is -3.97. The van der Waals surface area contributed by atoms with Crippen LogP contribution in [0.5, 0.6) is 0 Å². The fourth-order valence-corrected chi connectivity index (χ4v) is 4.57. The molecule has 3 aromatic rings. The number of nitrogens with zero attached hydrogens (tertiary/aromatic N) is 2. The molecule has 3 aromatic carbocycles. The Morgan fingerprint density at radius 2 is 1.71 bits per heavy atom. The molecule has 0 atom stereocenters. The fraction of sp³-hybridized carbons (Fsp3) is 0.0909. The first-order valence-electron chi connectivity index (χ1n) is 9.19. The van der Waals surface area contributed by atoms with Crippen molar-refractivity contribution in [1.82, 2.24) is 5.43 Å². The van der Waals surface area contributed by atoms with Gasteiger partial charge >= 0.3 is 0 Å². The van der Waals surface area contributed by atoms with E-state index >= 15 is 0 Å². The standard InChI is InChI=1S/C22H19Cl2N3O3S/c1-16-7-11-20(12-8-16)31(29,30)27(19-5-3-2-4-6-19)15-22(28)26-25-14-17-9-10-18(23)13-21(17)24/h2-14H,15H2,1H3,(H,26,28)/b25-14-. The van der Waals surface area contributed by atoms with Crippen LogP contribution in [0.2, 0.25) is 10.0 Å². The summed E-state index contributed by atoms with van der Waals surface area (Å²) in [6.45, 7) is 1.41. The minimum Gasteiger partial charge on any atom is -0.271 e. The van der Waals surface area contributed by atoms with Crippen LogP contribution in [-0.2, 0) is 14.8 Å². The number of rotatable bonds is 7. The molecule has 0 saturated carbocycles. The molecule has 6 nitrogen and oxygen atoms in total. The number of sulfonamides is 1. The lowest BCUT2D eigenvalue weighted by atomic mass is 10.2. The topological polar surface area (TPSA) is 78.8 Å². The molecule has 0 aromatic heterocycles. The van der Waals surface area contributed by atoms with Gasteiger partial charge in [-0.05, 0) is 43.3 Å². The van der Waals surface area contributed by atoms with Crippen LogP contribution in [-0.4, -0.2) is 27.1 Å². The van der Waals surface area contributed by atoms with Gasteiger partial charge < -0.3 is 0 Å². The zero-order chi connectivity index (χ0) is 22.4. The van der Waals surface area contributed by atoms with Crippen LogP contribution in [0, 0.1) is 6.92 Å². The highest BCUT2D eigenvalue weighted by Gasteiger charge is 2.27. The van der Waals surface area contributed by atoms with Crippen LogP contribution in [0.1, 0.15) is 11.1 Å². The summed E-state index contributed by atoms with van der Waals surface area (Å²) < 4.78 is 27.5. The maximum Gasteiger partial charge on any atom is 0.264 e. The predicted octanol–water partition coefficient (Wildman–Crippen LogP) is 4.65. The Kier molecular flexibility index (Phi) is 7.33. The van der Waals surface area contributed by atoms with Gasteiger partial charge in [-0.1, -0.05) is 65.2 Å². The summed E-state index contributed by atoms with van der Waals surface area (Å²) in [6.07, 6.45) is 1.36. The lowest BCUT2D eigenvalue weighted by molar-refractivity contribution is -0.119. The third-order valence-electron chi connectivity index (χ3n) is 4.30. The van der Waals surface area contributed by atoms with Gasteiger partial charge in [-0.25, -0.2) is 13.8 Å². The van der Waals surface area contributed by atoms with E-state index in [4.69, 9.17) is 23.2 Å². The summed E-state index contributed by atoms with van der Waals surface area (Å²) in [5.74, 6) is -0.610. The lowest BCUT2D eigenvalue weighted by Gasteiger charge is -2.23. The van der Waals surface area contributed by atoms with Gasteiger partial charge in [-0.15, -0.1) is 0 Å². The van der Waals surface area contributed by atoms with Crippen LogP contribution in [0.4, 0.5) is 5.69 Å². The van der Waals surface area contributed by atoms with Crippen molar-refractivity contribution in [2.24, 2.45) is 5.10 Å². The summed E-state index contributed by atoms with van der Waals surface area (Å²) in [5, 5.41) is 4.72. The third kappa shape index (κ3) is 5.85. The maximum absolute atomic E-state index is 13.2. The zero-order valence-electron chi connectivity index (χ0n) is 16.5. The largest absolute Gasteiger partial charge is 0.271 e. The molecule has 1 N–H and O–H groups in total. The second-order valence-corrected chi connectivity index (χ2v) is 9.33. The van der Waals surface area contributed by atoms with E-state index in [1.54, 1.807) is 60.7 Å². The molecule has 0 bridgehead atoms. The number of nitrogens with one attached hydrogen (secondary N) is 1. The summed E-state index contributed by atoms with van der Waals surface area (Å²) in [4.78, 5) is 12.6. The highest BCUT2D eigenvalue weighted by Crippen LogP contribution is 2.23. The van der Waals surface area contributed by atoms with Gasteiger partial charge in [-0.2, -0.15) is 5.10 Å². The first kappa shape index (κ1) is 22.8. The number of hydrogen-bond donors (Lipinski definition) is 1. The second-order valence-electron chi connectivity index (χ2n) is 6.62. The Hall–Kier alpha value is -2.87. The maximum atomic E-state index is 13.2. The molecule has 31 heavy (non-hydrogen) atoms. The van der Waals surface area contributed by atoms with Crippen molar-refractivity contribution in [3.8, 4) is 0 Å². The van der Waals surface area contributed by atoms with E-state index in [2.05, 4.69) is 10.5 Å². The molecular formula is C22H19Cl2N3O3S. The Labute approximate surface area is 191 Å². The number of hydrogen-bond acceptors (Lipinski definition) is 4. The Balaban J connectivity index is 1.81. The van der Waals surface area contributed by atoms with Gasteiger partial charge in [0.1, 0.15) is 6.54 Å². The van der Waals surface area contributed by atoms with E-state index in [1.165, 1.54) is 18.3 Å². The third-order valence-corrected chi connectivity index (χ3v) is 6.65. The molecule has 0 saturated heterocycles. The molecule has 0 fully saturated rings. The zero-order valence-corrected chi connectivity index (χ0v) is 18.8. The van der Waals surface area contributed by atoms with Crippen molar-refractivity contribution in [1.29, 1.82) is 0 Å². The lowest BCUT2D eigenvalue weighted by Crippen LogP contribution is -2.39. The summed E-state index contributed by atoms with van der Waals surface area (Å²) >= 11 is 11.9. The van der Waals surface area contributed by atoms with E-state index in [0.717, 1.165) is 9.87 Å². The van der Waals surface area contributed by atoms with E-state index in [-0.39, 0.29) is 4.90 Å². The molecule has 9 heteroatoms. The number of hydrazone groups is 1. The first-order chi connectivity index (χ1) is 14.8. The van der Waals surface area contributed by atoms with Crippen molar-refractivity contribution in [3.05, 3.63) is 94.0 Å². The van der Waals surface area contributed by atoms with Gasteiger partial charge in [0.25, 0.3) is 15.9 Å². The van der Waals surface area contributed by atoms with Crippen LogP contribution in [0.25, 0.3) is 0 Å².